The van der Waals surface area contributed by atoms with Gasteiger partial charge in [0.2, 0.25) is 5.88 Å². The van der Waals surface area contributed by atoms with Crippen LogP contribution in [0.3, 0.4) is 0 Å². The number of aromatic nitrogens is 1. The molecule has 1 aromatic rings. The number of thiazole rings is 1. The minimum Gasteiger partial charge on any atom is -0.480 e. The van der Waals surface area contributed by atoms with Gasteiger partial charge < -0.3 is 19.9 Å². The lowest BCUT2D eigenvalue weighted by molar-refractivity contribution is 0.282. The Labute approximate surface area is 132 Å². The molecule has 1 atom stereocenters. The highest BCUT2D eigenvalue weighted by atomic mass is 32.1. The van der Waals surface area contributed by atoms with E-state index in [1.807, 2.05) is 19.0 Å². The van der Waals surface area contributed by atoms with E-state index in [0.717, 1.165) is 24.1 Å². The number of hydrogen-bond acceptors (Lipinski definition) is 6. The molecule has 21 heavy (non-hydrogen) atoms. The van der Waals surface area contributed by atoms with E-state index in [1.165, 1.54) is 37.4 Å². The summed E-state index contributed by atoms with van der Waals surface area (Å²) in [6.07, 6.45) is 2.73. The molecule has 6 heteroatoms. The number of nitrogens with zero attached hydrogens (tertiary/aromatic N) is 3. The third-order valence-electron chi connectivity index (χ3n) is 3.77. The molecule has 0 aromatic carbocycles. The third-order valence-corrected chi connectivity index (χ3v) is 4.98. The Morgan fingerprint density at radius 1 is 1.38 bits per heavy atom. The Kier molecular flexibility index (Phi) is 6.26. The first-order valence-corrected chi connectivity index (χ1v) is 8.56. The summed E-state index contributed by atoms with van der Waals surface area (Å²) in [5, 5.41) is 4.54. The summed E-state index contributed by atoms with van der Waals surface area (Å²) in [6, 6.07) is 0. The second-order valence-electron chi connectivity index (χ2n) is 6.07. The summed E-state index contributed by atoms with van der Waals surface area (Å²) in [4.78, 5) is 10.3. The minimum absolute atomic E-state index is 0.676. The SMILES string of the molecule is COc1nc(N(C)C)sc1CNCC(C)CN1CCCC1. The van der Waals surface area contributed by atoms with Crippen molar-refractivity contribution in [2.45, 2.75) is 26.3 Å². The molecule has 1 unspecified atom stereocenters. The molecular weight excluding hydrogens is 284 g/mol. The van der Waals surface area contributed by atoms with E-state index < -0.39 is 0 Å². The first-order chi connectivity index (χ1) is 10.1. The first kappa shape index (κ1) is 16.5. The van der Waals surface area contributed by atoms with E-state index in [4.69, 9.17) is 4.74 Å². The van der Waals surface area contributed by atoms with Gasteiger partial charge in [-0.15, -0.1) is 0 Å². The van der Waals surface area contributed by atoms with Gasteiger partial charge in [0.1, 0.15) is 0 Å². The molecule has 1 aromatic heterocycles. The van der Waals surface area contributed by atoms with Crippen LogP contribution in [0.25, 0.3) is 0 Å². The van der Waals surface area contributed by atoms with Gasteiger partial charge in [-0.3, -0.25) is 0 Å². The average molecular weight is 312 g/mol. The van der Waals surface area contributed by atoms with Gasteiger partial charge in [0.15, 0.2) is 5.13 Å². The smallest absolute Gasteiger partial charge is 0.230 e. The Balaban J connectivity index is 1.76. The summed E-state index contributed by atoms with van der Waals surface area (Å²) >= 11 is 1.69. The molecule has 0 spiro atoms. The fourth-order valence-corrected chi connectivity index (χ4v) is 3.61. The number of methoxy groups -OCH3 is 1. The largest absolute Gasteiger partial charge is 0.480 e. The average Bonchev–Trinajstić information content (AvgIpc) is 3.07. The van der Waals surface area contributed by atoms with Crippen LogP contribution in [0, 0.1) is 5.92 Å². The van der Waals surface area contributed by atoms with Crippen LogP contribution in [-0.4, -0.2) is 57.3 Å². The van der Waals surface area contributed by atoms with E-state index >= 15 is 0 Å². The van der Waals surface area contributed by atoms with Gasteiger partial charge in [0.05, 0.1) is 12.0 Å². The number of anilines is 1. The van der Waals surface area contributed by atoms with E-state index in [9.17, 15) is 0 Å². The zero-order chi connectivity index (χ0) is 15.2. The van der Waals surface area contributed by atoms with Crippen LogP contribution < -0.4 is 15.0 Å². The molecule has 1 fully saturated rings. The predicted molar refractivity (Wildman–Crippen MR) is 89.5 cm³/mol. The Bertz CT molecular complexity index is 429. The fourth-order valence-electron chi connectivity index (χ4n) is 2.69. The molecule has 0 amide bonds. The number of hydrogen-bond donors (Lipinski definition) is 1. The molecule has 2 heterocycles. The molecule has 120 valence electrons. The van der Waals surface area contributed by atoms with Crippen LogP contribution in [0.2, 0.25) is 0 Å². The van der Waals surface area contributed by atoms with Crippen molar-refractivity contribution in [3.05, 3.63) is 4.88 Å². The lowest BCUT2D eigenvalue weighted by Crippen LogP contribution is -2.31. The molecule has 1 aliphatic heterocycles. The Morgan fingerprint density at radius 3 is 2.71 bits per heavy atom. The lowest BCUT2D eigenvalue weighted by atomic mass is 10.1. The molecule has 5 nitrogen and oxygen atoms in total. The Morgan fingerprint density at radius 2 is 2.10 bits per heavy atom. The number of likely N-dealkylation sites (tertiary alicyclic amines) is 1. The highest BCUT2D eigenvalue weighted by Gasteiger charge is 2.16. The van der Waals surface area contributed by atoms with Gasteiger partial charge in [0.25, 0.3) is 0 Å². The van der Waals surface area contributed by atoms with E-state index in [2.05, 4.69) is 22.1 Å². The quantitative estimate of drug-likeness (QED) is 0.795. The van der Waals surface area contributed by atoms with Gasteiger partial charge in [-0.05, 0) is 38.4 Å². The second-order valence-corrected chi connectivity index (χ2v) is 7.13. The summed E-state index contributed by atoms with van der Waals surface area (Å²) in [7, 11) is 5.70. The van der Waals surface area contributed by atoms with Crippen molar-refractivity contribution in [1.82, 2.24) is 15.2 Å². The molecule has 1 N–H and O–H groups in total. The molecule has 0 saturated carbocycles. The van der Waals surface area contributed by atoms with Crippen LogP contribution in [0.15, 0.2) is 0 Å². The van der Waals surface area contributed by atoms with Crippen LogP contribution >= 0.6 is 11.3 Å². The molecular formula is C15H28N4OS. The van der Waals surface area contributed by atoms with Gasteiger partial charge >= 0.3 is 0 Å². The van der Waals surface area contributed by atoms with Crippen LogP contribution in [0.5, 0.6) is 5.88 Å². The van der Waals surface area contributed by atoms with Crippen LogP contribution in [-0.2, 0) is 6.54 Å². The normalized spacial score (nSPS) is 17.1. The second kappa shape index (κ2) is 7.96. The molecule has 1 saturated heterocycles. The van der Waals surface area contributed by atoms with Crippen LogP contribution in [0.4, 0.5) is 5.13 Å². The summed E-state index contributed by atoms with van der Waals surface area (Å²) in [6.45, 7) is 7.95. The summed E-state index contributed by atoms with van der Waals surface area (Å²) in [5.74, 6) is 1.43. The zero-order valence-corrected chi connectivity index (χ0v) is 14.5. The summed E-state index contributed by atoms with van der Waals surface area (Å²) < 4.78 is 5.37. The minimum atomic E-state index is 0.676. The van der Waals surface area contributed by atoms with Gasteiger partial charge in [-0.2, -0.15) is 4.98 Å². The molecule has 0 radical (unpaired) electrons. The van der Waals surface area contributed by atoms with Crippen molar-refractivity contribution < 1.29 is 4.74 Å². The summed E-state index contributed by atoms with van der Waals surface area (Å²) in [5.41, 5.74) is 0. The molecule has 0 aliphatic carbocycles. The van der Waals surface area contributed by atoms with Gasteiger partial charge in [-0.1, -0.05) is 18.3 Å². The third kappa shape index (κ3) is 4.83. The molecule has 1 aliphatic rings. The van der Waals surface area contributed by atoms with Gasteiger partial charge in [0, 0.05) is 27.2 Å². The van der Waals surface area contributed by atoms with E-state index in [1.54, 1.807) is 18.4 Å². The number of ether oxygens (including phenoxy) is 1. The standard InChI is InChI=1S/C15H28N4OS/c1-12(11-19-7-5-6-8-19)9-16-10-13-14(20-4)17-15(21-13)18(2)3/h12,16H,5-11H2,1-4H3. The highest BCUT2D eigenvalue weighted by Crippen LogP contribution is 2.30. The van der Waals surface area contributed by atoms with Crippen molar-refractivity contribution in [2.75, 3.05) is 52.3 Å². The topological polar surface area (TPSA) is 40.6 Å². The van der Waals surface area contributed by atoms with E-state index in [-0.39, 0.29) is 0 Å². The Hall–Kier alpha value is -0.850. The molecule has 2 rings (SSSR count). The maximum Gasteiger partial charge on any atom is 0.230 e. The number of nitrogens with one attached hydrogen (secondary N) is 1. The highest BCUT2D eigenvalue weighted by molar-refractivity contribution is 7.15. The predicted octanol–water partition coefficient (Wildman–Crippen LogP) is 2.04. The lowest BCUT2D eigenvalue weighted by Gasteiger charge is -2.20. The number of rotatable bonds is 8. The fraction of sp³-hybridized carbons (Fsp3) is 0.800. The van der Waals surface area contributed by atoms with Gasteiger partial charge in [-0.25, -0.2) is 0 Å². The van der Waals surface area contributed by atoms with Crippen molar-refractivity contribution in [1.29, 1.82) is 0 Å². The zero-order valence-electron chi connectivity index (χ0n) is 13.7. The van der Waals surface area contributed by atoms with Crippen molar-refractivity contribution in [3.63, 3.8) is 0 Å². The van der Waals surface area contributed by atoms with Crippen molar-refractivity contribution in [3.8, 4) is 5.88 Å². The van der Waals surface area contributed by atoms with Crippen LogP contribution in [0.1, 0.15) is 24.6 Å². The maximum atomic E-state index is 5.37. The molecule has 0 bridgehead atoms. The van der Waals surface area contributed by atoms with Crippen molar-refractivity contribution >= 4 is 16.5 Å². The maximum absolute atomic E-state index is 5.37. The monoisotopic (exact) mass is 312 g/mol. The van der Waals surface area contributed by atoms with E-state index in [0.29, 0.717) is 5.92 Å². The first-order valence-electron chi connectivity index (χ1n) is 7.74. The van der Waals surface area contributed by atoms with Crippen molar-refractivity contribution in [2.24, 2.45) is 5.92 Å².